The van der Waals surface area contributed by atoms with Crippen LogP contribution in [0.4, 0.5) is 0 Å². The van der Waals surface area contributed by atoms with E-state index in [1.54, 1.807) is 0 Å². The van der Waals surface area contributed by atoms with Crippen LogP contribution < -0.4 is 5.32 Å². The van der Waals surface area contributed by atoms with Crippen molar-refractivity contribution in [2.75, 3.05) is 7.05 Å². The van der Waals surface area contributed by atoms with Crippen LogP contribution in [0.3, 0.4) is 0 Å². The molecule has 1 N–H and O–H groups in total. The van der Waals surface area contributed by atoms with Crippen LogP contribution in [0.1, 0.15) is 87.7 Å². The van der Waals surface area contributed by atoms with Crippen molar-refractivity contribution in [3.8, 4) is 0 Å². The molecule has 0 aliphatic heterocycles. The SMILES string of the molecule is CCCC1CCC(c2nc(C(C)(C)C)c(CNC)s2)CC1. The maximum Gasteiger partial charge on any atom is 0.0962 e. The van der Waals surface area contributed by atoms with Crippen molar-refractivity contribution in [2.24, 2.45) is 5.92 Å². The van der Waals surface area contributed by atoms with Gasteiger partial charge in [0.1, 0.15) is 0 Å². The number of rotatable bonds is 5. The normalized spacial score (nSPS) is 23.5. The molecule has 1 heterocycles. The summed E-state index contributed by atoms with van der Waals surface area (Å²) < 4.78 is 0. The summed E-state index contributed by atoms with van der Waals surface area (Å²) in [5.41, 5.74) is 1.47. The second kappa shape index (κ2) is 7.23. The van der Waals surface area contributed by atoms with Crippen LogP contribution in [-0.2, 0) is 12.0 Å². The molecule has 1 fully saturated rings. The molecule has 1 aromatic heterocycles. The lowest BCUT2D eigenvalue weighted by Crippen LogP contribution is -2.17. The van der Waals surface area contributed by atoms with Crippen LogP contribution in [-0.4, -0.2) is 12.0 Å². The van der Waals surface area contributed by atoms with Gasteiger partial charge in [0.25, 0.3) is 0 Å². The van der Waals surface area contributed by atoms with E-state index in [2.05, 4.69) is 33.0 Å². The molecule has 0 bridgehead atoms. The summed E-state index contributed by atoms with van der Waals surface area (Å²) in [5, 5.41) is 4.71. The maximum atomic E-state index is 5.07. The van der Waals surface area contributed by atoms with Gasteiger partial charge in [0, 0.05) is 22.8 Å². The van der Waals surface area contributed by atoms with E-state index in [1.165, 1.54) is 54.1 Å². The molecule has 0 radical (unpaired) electrons. The van der Waals surface area contributed by atoms with Crippen LogP contribution in [0.15, 0.2) is 0 Å². The van der Waals surface area contributed by atoms with E-state index < -0.39 is 0 Å². The first kappa shape index (κ1) is 17.0. The number of nitrogens with zero attached hydrogens (tertiary/aromatic N) is 1. The topological polar surface area (TPSA) is 24.9 Å². The van der Waals surface area contributed by atoms with Gasteiger partial charge in [-0.3, -0.25) is 0 Å². The van der Waals surface area contributed by atoms with Crippen molar-refractivity contribution in [1.29, 1.82) is 0 Å². The van der Waals surface area contributed by atoms with Gasteiger partial charge in [-0.1, -0.05) is 40.5 Å². The third-order valence-corrected chi connectivity index (χ3v) is 5.87. The highest BCUT2D eigenvalue weighted by Crippen LogP contribution is 2.41. The zero-order valence-corrected chi connectivity index (χ0v) is 15.3. The second-order valence-electron chi connectivity index (χ2n) is 7.61. The van der Waals surface area contributed by atoms with Gasteiger partial charge in [0.15, 0.2) is 0 Å². The van der Waals surface area contributed by atoms with Crippen LogP contribution in [0.25, 0.3) is 0 Å². The lowest BCUT2D eigenvalue weighted by Gasteiger charge is -2.27. The summed E-state index contributed by atoms with van der Waals surface area (Å²) >= 11 is 1.96. The summed E-state index contributed by atoms with van der Waals surface area (Å²) in [6.07, 6.45) is 8.27. The summed E-state index contributed by atoms with van der Waals surface area (Å²) in [6, 6.07) is 0. The largest absolute Gasteiger partial charge is 0.315 e. The summed E-state index contributed by atoms with van der Waals surface area (Å²) in [4.78, 5) is 6.51. The number of nitrogens with one attached hydrogen (secondary N) is 1. The summed E-state index contributed by atoms with van der Waals surface area (Å²) in [6.45, 7) is 10.1. The Morgan fingerprint density at radius 3 is 2.38 bits per heavy atom. The first-order valence-electron chi connectivity index (χ1n) is 8.60. The average Bonchev–Trinajstić information content (AvgIpc) is 2.84. The van der Waals surface area contributed by atoms with Gasteiger partial charge in [-0.05, 0) is 38.6 Å². The Morgan fingerprint density at radius 2 is 1.86 bits per heavy atom. The molecule has 1 saturated carbocycles. The minimum absolute atomic E-state index is 0.153. The van der Waals surface area contributed by atoms with Crippen LogP contribution in [0, 0.1) is 5.92 Å². The smallest absolute Gasteiger partial charge is 0.0962 e. The van der Waals surface area contributed by atoms with Crippen molar-refractivity contribution in [1.82, 2.24) is 10.3 Å². The Balaban J connectivity index is 2.10. The highest BCUT2D eigenvalue weighted by Gasteiger charge is 2.28. The van der Waals surface area contributed by atoms with Gasteiger partial charge in [-0.15, -0.1) is 11.3 Å². The fourth-order valence-electron chi connectivity index (χ4n) is 3.52. The second-order valence-corrected chi connectivity index (χ2v) is 8.73. The van der Waals surface area contributed by atoms with E-state index in [0.717, 1.165) is 18.4 Å². The number of hydrogen-bond acceptors (Lipinski definition) is 3. The van der Waals surface area contributed by atoms with Crippen LogP contribution >= 0.6 is 11.3 Å². The fraction of sp³-hybridized carbons (Fsp3) is 0.833. The molecule has 0 unspecified atom stereocenters. The average molecular weight is 309 g/mol. The van der Waals surface area contributed by atoms with E-state index in [-0.39, 0.29) is 5.41 Å². The van der Waals surface area contributed by atoms with Gasteiger partial charge in [0.05, 0.1) is 10.7 Å². The van der Waals surface area contributed by atoms with Crippen molar-refractivity contribution < 1.29 is 0 Å². The molecule has 2 nitrogen and oxygen atoms in total. The zero-order chi connectivity index (χ0) is 15.5. The Labute approximate surface area is 134 Å². The van der Waals surface area contributed by atoms with E-state index in [0.29, 0.717) is 0 Å². The Kier molecular flexibility index (Phi) is 5.84. The predicted molar refractivity (Wildman–Crippen MR) is 93.2 cm³/mol. The molecular weight excluding hydrogens is 276 g/mol. The maximum absolute atomic E-state index is 5.07. The molecule has 1 aliphatic rings. The first-order valence-corrected chi connectivity index (χ1v) is 9.42. The molecule has 3 heteroatoms. The fourth-order valence-corrected chi connectivity index (χ4v) is 4.97. The predicted octanol–water partition coefficient (Wildman–Crippen LogP) is 5.23. The van der Waals surface area contributed by atoms with Gasteiger partial charge in [-0.2, -0.15) is 0 Å². The molecule has 21 heavy (non-hydrogen) atoms. The summed E-state index contributed by atoms with van der Waals surface area (Å²) in [5.74, 6) is 1.69. The Morgan fingerprint density at radius 1 is 1.19 bits per heavy atom. The Bertz CT molecular complexity index is 437. The quantitative estimate of drug-likeness (QED) is 0.805. The monoisotopic (exact) mass is 308 g/mol. The van der Waals surface area contributed by atoms with Crippen LogP contribution in [0.2, 0.25) is 0 Å². The Hall–Kier alpha value is -0.410. The van der Waals surface area contributed by atoms with Crippen molar-refractivity contribution >= 4 is 11.3 Å². The molecule has 0 aromatic carbocycles. The van der Waals surface area contributed by atoms with Gasteiger partial charge in [0.2, 0.25) is 0 Å². The molecule has 0 amide bonds. The molecule has 0 saturated heterocycles. The molecule has 2 rings (SSSR count). The molecule has 1 aliphatic carbocycles. The number of aromatic nitrogens is 1. The number of hydrogen-bond donors (Lipinski definition) is 1. The van der Waals surface area contributed by atoms with Crippen LogP contribution in [0.5, 0.6) is 0 Å². The third-order valence-electron chi connectivity index (χ3n) is 4.65. The zero-order valence-electron chi connectivity index (χ0n) is 14.5. The lowest BCUT2D eigenvalue weighted by atomic mass is 9.80. The molecule has 1 aromatic rings. The lowest BCUT2D eigenvalue weighted by molar-refractivity contribution is 0.307. The minimum atomic E-state index is 0.153. The van der Waals surface area contributed by atoms with Crippen molar-refractivity contribution in [3.63, 3.8) is 0 Å². The standard InChI is InChI=1S/C18H32N2S/c1-6-7-13-8-10-14(11-9-13)17-20-16(18(2,3)4)15(21-17)12-19-5/h13-14,19H,6-12H2,1-5H3. The van der Waals surface area contributed by atoms with E-state index in [9.17, 15) is 0 Å². The molecule has 0 spiro atoms. The summed E-state index contributed by atoms with van der Waals surface area (Å²) in [7, 11) is 2.03. The van der Waals surface area contributed by atoms with E-state index >= 15 is 0 Å². The van der Waals surface area contributed by atoms with Crippen molar-refractivity contribution in [2.45, 2.75) is 84.1 Å². The minimum Gasteiger partial charge on any atom is -0.315 e. The molecule has 0 atom stereocenters. The van der Waals surface area contributed by atoms with Gasteiger partial charge >= 0.3 is 0 Å². The van der Waals surface area contributed by atoms with Gasteiger partial charge < -0.3 is 5.32 Å². The molecule has 120 valence electrons. The molecular formula is C18H32N2S. The highest BCUT2D eigenvalue weighted by molar-refractivity contribution is 7.11. The highest BCUT2D eigenvalue weighted by atomic mass is 32.1. The van der Waals surface area contributed by atoms with E-state index in [4.69, 9.17) is 4.98 Å². The van der Waals surface area contributed by atoms with Gasteiger partial charge in [-0.25, -0.2) is 4.98 Å². The number of thiazole rings is 1. The van der Waals surface area contributed by atoms with E-state index in [1.807, 2.05) is 18.4 Å². The first-order chi connectivity index (χ1) is 9.95. The van der Waals surface area contributed by atoms with Crippen molar-refractivity contribution in [3.05, 3.63) is 15.6 Å². The third kappa shape index (κ3) is 4.29.